The molecule has 1 fully saturated rings. The highest BCUT2D eigenvalue weighted by atomic mass is 19.1. The fourth-order valence-corrected chi connectivity index (χ4v) is 3.84. The van der Waals surface area contributed by atoms with E-state index in [0.29, 0.717) is 12.3 Å². The summed E-state index contributed by atoms with van der Waals surface area (Å²) in [5.41, 5.74) is 8.76. The lowest BCUT2D eigenvalue weighted by Gasteiger charge is -2.29. The number of anilines is 1. The van der Waals surface area contributed by atoms with Crippen LogP contribution in [0.1, 0.15) is 68.5 Å². The number of halogens is 1. The topological polar surface area (TPSA) is 55.1 Å². The summed E-state index contributed by atoms with van der Waals surface area (Å²) >= 11 is 0. The zero-order chi connectivity index (χ0) is 15.0. The zero-order valence-corrected chi connectivity index (χ0v) is 12.5. The first-order valence-electron chi connectivity index (χ1n) is 8.01. The highest BCUT2D eigenvalue weighted by Gasteiger charge is 2.34. The Morgan fingerprint density at radius 1 is 1.33 bits per heavy atom. The lowest BCUT2D eigenvalue weighted by atomic mass is 9.80. The van der Waals surface area contributed by atoms with Crippen molar-refractivity contribution in [1.29, 1.82) is 0 Å². The average Bonchev–Trinajstić information content (AvgIpc) is 2.81. The van der Waals surface area contributed by atoms with Crippen molar-refractivity contribution in [2.24, 2.45) is 11.7 Å². The molecule has 1 aliphatic carbocycles. The molecule has 21 heavy (non-hydrogen) atoms. The molecule has 3 rings (SSSR count). The van der Waals surface area contributed by atoms with E-state index in [2.05, 4.69) is 5.32 Å². The summed E-state index contributed by atoms with van der Waals surface area (Å²) in [5.74, 6) is -0.171. The Morgan fingerprint density at radius 3 is 2.71 bits per heavy atom. The molecular formula is C17H23FN2O. The summed E-state index contributed by atoms with van der Waals surface area (Å²) in [7, 11) is 0. The van der Waals surface area contributed by atoms with Gasteiger partial charge in [-0.1, -0.05) is 26.2 Å². The number of nitrogens with two attached hydrogens (primary N) is 1. The maximum Gasteiger partial charge on any atom is 0.232 e. The lowest BCUT2D eigenvalue weighted by molar-refractivity contribution is -0.117. The molecule has 4 heteroatoms. The molecule has 0 spiro atoms. The predicted molar refractivity (Wildman–Crippen MR) is 81.6 cm³/mol. The van der Waals surface area contributed by atoms with Crippen LogP contribution >= 0.6 is 0 Å². The summed E-state index contributed by atoms with van der Waals surface area (Å²) in [6.45, 7) is 1.95. The molecule has 3 N–H and O–H groups in total. The number of fused-ring (bicyclic) bond motifs is 1. The smallest absolute Gasteiger partial charge is 0.232 e. The van der Waals surface area contributed by atoms with Crippen LogP contribution in [0.15, 0.2) is 12.1 Å². The van der Waals surface area contributed by atoms with Crippen molar-refractivity contribution in [2.45, 2.75) is 57.4 Å². The first-order valence-corrected chi connectivity index (χ1v) is 8.01. The van der Waals surface area contributed by atoms with Crippen molar-refractivity contribution in [2.75, 3.05) is 5.32 Å². The Kier molecular flexibility index (Phi) is 3.98. The van der Waals surface area contributed by atoms with Gasteiger partial charge in [0.25, 0.3) is 0 Å². The molecule has 0 saturated heterocycles. The minimum absolute atomic E-state index is 0.0322. The van der Waals surface area contributed by atoms with Crippen LogP contribution in [0, 0.1) is 11.7 Å². The molecule has 114 valence electrons. The monoisotopic (exact) mass is 290 g/mol. The van der Waals surface area contributed by atoms with Crippen LogP contribution in [-0.2, 0) is 4.79 Å². The van der Waals surface area contributed by atoms with Gasteiger partial charge in [-0.3, -0.25) is 4.79 Å². The van der Waals surface area contributed by atoms with Gasteiger partial charge >= 0.3 is 0 Å². The quantitative estimate of drug-likeness (QED) is 0.888. The minimum Gasteiger partial charge on any atom is -0.325 e. The van der Waals surface area contributed by atoms with E-state index in [0.717, 1.165) is 29.7 Å². The van der Waals surface area contributed by atoms with Crippen LogP contribution in [0.5, 0.6) is 0 Å². The molecule has 0 radical (unpaired) electrons. The number of rotatable bonds is 3. The van der Waals surface area contributed by atoms with Gasteiger partial charge in [-0.05, 0) is 48.4 Å². The van der Waals surface area contributed by atoms with E-state index >= 15 is 0 Å². The van der Waals surface area contributed by atoms with E-state index in [1.54, 1.807) is 0 Å². The van der Waals surface area contributed by atoms with Gasteiger partial charge in [0.05, 0.1) is 5.92 Å². The Balaban J connectivity index is 1.98. The molecule has 1 aliphatic heterocycles. The SMILES string of the molecule is CCC1C(=O)Nc2c1cc(F)cc2C(N)C1CCCCC1. The number of amides is 1. The fraction of sp³-hybridized carbons (Fsp3) is 0.588. The van der Waals surface area contributed by atoms with Gasteiger partial charge in [0.1, 0.15) is 5.82 Å². The van der Waals surface area contributed by atoms with Crippen LogP contribution in [0.25, 0.3) is 0 Å². The average molecular weight is 290 g/mol. The number of hydrogen-bond donors (Lipinski definition) is 2. The van der Waals surface area contributed by atoms with Gasteiger partial charge in [-0.2, -0.15) is 0 Å². The van der Waals surface area contributed by atoms with E-state index in [4.69, 9.17) is 5.73 Å². The predicted octanol–water partition coefficient (Wildman–Crippen LogP) is 3.85. The third-order valence-corrected chi connectivity index (χ3v) is 5.03. The molecular weight excluding hydrogens is 267 g/mol. The lowest BCUT2D eigenvalue weighted by Crippen LogP contribution is -2.24. The molecule has 1 saturated carbocycles. The molecule has 0 aromatic heterocycles. The molecule has 1 aromatic carbocycles. The van der Waals surface area contributed by atoms with Gasteiger partial charge in [0.2, 0.25) is 5.91 Å². The Labute approximate surface area is 125 Å². The first kappa shape index (κ1) is 14.5. The van der Waals surface area contributed by atoms with Crippen molar-refractivity contribution in [3.63, 3.8) is 0 Å². The molecule has 1 aromatic rings. The number of benzene rings is 1. The van der Waals surface area contributed by atoms with Gasteiger partial charge in [-0.25, -0.2) is 4.39 Å². The van der Waals surface area contributed by atoms with Gasteiger partial charge in [0, 0.05) is 11.7 Å². The molecule has 2 aliphatic rings. The second kappa shape index (κ2) is 5.76. The summed E-state index contributed by atoms with van der Waals surface area (Å²) in [6, 6.07) is 2.81. The van der Waals surface area contributed by atoms with E-state index in [1.165, 1.54) is 31.4 Å². The molecule has 1 amide bonds. The van der Waals surface area contributed by atoms with E-state index in [1.807, 2.05) is 6.92 Å². The largest absolute Gasteiger partial charge is 0.325 e. The maximum atomic E-state index is 14.0. The molecule has 0 bridgehead atoms. The third kappa shape index (κ3) is 2.57. The zero-order valence-electron chi connectivity index (χ0n) is 12.5. The highest BCUT2D eigenvalue weighted by molar-refractivity contribution is 6.03. The second-order valence-electron chi connectivity index (χ2n) is 6.33. The van der Waals surface area contributed by atoms with E-state index in [-0.39, 0.29) is 23.7 Å². The molecule has 3 nitrogen and oxygen atoms in total. The van der Waals surface area contributed by atoms with E-state index < -0.39 is 0 Å². The van der Waals surface area contributed by atoms with Crippen molar-refractivity contribution in [3.05, 3.63) is 29.1 Å². The number of carbonyl (C=O) groups is 1. The van der Waals surface area contributed by atoms with Gasteiger partial charge in [0.15, 0.2) is 0 Å². The Morgan fingerprint density at radius 2 is 2.05 bits per heavy atom. The van der Waals surface area contributed by atoms with Crippen LogP contribution in [0.4, 0.5) is 10.1 Å². The van der Waals surface area contributed by atoms with Gasteiger partial charge < -0.3 is 11.1 Å². The van der Waals surface area contributed by atoms with Crippen molar-refractivity contribution in [3.8, 4) is 0 Å². The fourth-order valence-electron chi connectivity index (χ4n) is 3.84. The summed E-state index contributed by atoms with van der Waals surface area (Å²) in [6.07, 6.45) is 6.52. The van der Waals surface area contributed by atoms with Crippen LogP contribution in [-0.4, -0.2) is 5.91 Å². The van der Waals surface area contributed by atoms with Crippen molar-refractivity contribution >= 4 is 11.6 Å². The normalized spacial score (nSPS) is 23.8. The summed E-state index contributed by atoms with van der Waals surface area (Å²) in [4.78, 5) is 12.1. The molecule has 2 atom stereocenters. The maximum absolute atomic E-state index is 14.0. The minimum atomic E-state index is -0.287. The first-order chi connectivity index (χ1) is 10.1. The number of carbonyl (C=O) groups excluding carboxylic acids is 1. The standard InChI is InChI=1S/C17H23FN2O/c1-2-12-13-8-11(18)9-14(16(13)20-17(12)21)15(19)10-6-4-3-5-7-10/h8-10,12,15H,2-7,19H2,1H3,(H,20,21). The van der Waals surface area contributed by atoms with Crippen LogP contribution in [0.2, 0.25) is 0 Å². The summed E-state index contributed by atoms with van der Waals surface area (Å²) in [5, 5.41) is 2.93. The highest BCUT2D eigenvalue weighted by Crippen LogP contribution is 2.43. The number of nitrogens with one attached hydrogen (secondary N) is 1. The van der Waals surface area contributed by atoms with Crippen molar-refractivity contribution < 1.29 is 9.18 Å². The van der Waals surface area contributed by atoms with Crippen LogP contribution < -0.4 is 11.1 Å². The molecule has 2 unspecified atom stereocenters. The Bertz CT molecular complexity index is 552. The number of hydrogen-bond acceptors (Lipinski definition) is 2. The van der Waals surface area contributed by atoms with E-state index in [9.17, 15) is 9.18 Å². The molecule has 1 heterocycles. The van der Waals surface area contributed by atoms with Crippen LogP contribution in [0.3, 0.4) is 0 Å². The van der Waals surface area contributed by atoms with Gasteiger partial charge in [-0.15, -0.1) is 0 Å². The second-order valence-corrected chi connectivity index (χ2v) is 6.33. The Hall–Kier alpha value is -1.42. The summed E-state index contributed by atoms with van der Waals surface area (Å²) < 4.78 is 14.0. The van der Waals surface area contributed by atoms with Crippen molar-refractivity contribution in [1.82, 2.24) is 0 Å². The third-order valence-electron chi connectivity index (χ3n) is 5.03.